The first-order valence-electron chi connectivity index (χ1n) is 7.86. The first-order chi connectivity index (χ1) is 10.1. The molecule has 0 radical (unpaired) electrons. The van der Waals surface area contributed by atoms with Gasteiger partial charge in [-0.15, -0.1) is 0 Å². The van der Waals surface area contributed by atoms with Crippen LogP contribution in [0.2, 0.25) is 0 Å². The van der Waals surface area contributed by atoms with Gasteiger partial charge in [0.25, 0.3) is 0 Å². The van der Waals surface area contributed by atoms with E-state index in [9.17, 15) is 0 Å². The van der Waals surface area contributed by atoms with Gasteiger partial charge in [-0.1, -0.05) is 13.0 Å². The SMILES string of the molecule is CC(Cc1ccc2c(c1)OCO2)CN1C[C@@H](C)O[C@@H](C)C1. The van der Waals surface area contributed by atoms with Gasteiger partial charge in [0.15, 0.2) is 11.5 Å². The molecule has 0 amide bonds. The van der Waals surface area contributed by atoms with Crippen molar-refractivity contribution in [3.05, 3.63) is 23.8 Å². The predicted molar refractivity (Wildman–Crippen MR) is 81.9 cm³/mol. The molecule has 0 aromatic heterocycles. The number of hydrogen-bond donors (Lipinski definition) is 0. The summed E-state index contributed by atoms with van der Waals surface area (Å²) in [5.74, 6) is 2.36. The maximum Gasteiger partial charge on any atom is 0.231 e. The number of benzene rings is 1. The lowest BCUT2D eigenvalue weighted by molar-refractivity contribution is -0.0708. The first-order valence-corrected chi connectivity index (χ1v) is 7.86. The first kappa shape index (κ1) is 14.7. The Morgan fingerprint density at radius 2 is 1.86 bits per heavy atom. The van der Waals surface area contributed by atoms with Crippen molar-refractivity contribution in [2.45, 2.75) is 39.4 Å². The second-order valence-corrected chi connectivity index (χ2v) is 6.47. The summed E-state index contributed by atoms with van der Waals surface area (Å²) in [4.78, 5) is 2.52. The monoisotopic (exact) mass is 291 g/mol. The Kier molecular flexibility index (Phi) is 4.36. The summed E-state index contributed by atoms with van der Waals surface area (Å²) in [5, 5.41) is 0. The molecule has 1 aromatic carbocycles. The van der Waals surface area contributed by atoms with Gasteiger partial charge in [0.2, 0.25) is 6.79 Å². The highest BCUT2D eigenvalue weighted by Crippen LogP contribution is 2.33. The van der Waals surface area contributed by atoms with E-state index in [2.05, 4.69) is 37.8 Å². The Hall–Kier alpha value is -1.26. The molecular formula is C17H25NO3. The summed E-state index contributed by atoms with van der Waals surface area (Å²) in [6, 6.07) is 6.28. The van der Waals surface area contributed by atoms with E-state index in [1.807, 2.05) is 6.07 Å². The lowest BCUT2D eigenvalue weighted by Crippen LogP contribution is -2.47. The molecule has 1 fully saturated rings. The molecule has 4 heteroatoms. The van der Waals surface area contributed by atoms with Crippen LogP contribution in [0.3, 0.4) is 0 Å². The molecule has 0 saturated carbocycles. The topological polar surface area (TPSA) is 30.9 Å². The Morgan fingerprint density at radius 1 is 1.14 bits per heavy atom. The molecule has 116 valence electrons. The molecule has 1 unspecified atom stereocenters. The molecule has 2 aliphatic rings. The van der Waals surface area contributed by atoms with Gasteiger partial charge in [-0.3, -0.25) is 4.90 Å². The molecule has 4 nitrogen and oxygen atoms in total. The van der Waals surface area contributed by atoms with E-state index in [4.69, 9.17) is 14.2 Å². The fraction of sp³-hybridized carbons (Fsp3) is 0.647. The van der Waals surface area contributed by atoms with Crippen LogP contribution in [0.15, 0.2) is 18.2 Å². The fourth-order valence-electron chi connectivity index (χ4n) is 3.41. The van der Waals surface area contributed by atoms with E-state index in [0.717, 1.165) is 37.6 Å². The number of rotatable bonds is 4. The summed E-state index contributed by atoms with van der Waals surface area (Å²) >= 11 is 0. The largest absolute Gasteiger partial charge is 0.454 e. The fourth-order valence-corrected chi connectivity index (χ4v) is 3.41. The van der Waals surface area contributed by atoms with E-state index in [0.29, 0.717) is 24.9 Å². The van der Waals surface area contributed by atoms with Crippen LogP contribution in [-0.2, 0) is 11.2 Å². The molecule has 2 aliphatic heterocycles. The minimum absolute atomic E-state index is 0.339. The molecular weight excluding hydrogens is 266 g/mol. The van der Waals surface area contributed by atoms with Crippen molar-refractivity contribution < 1.29 is 14.2 Å². The van der Waals surface area contributed by atoms with Gasteiger partial charge in [0, 0.05) is 19.6 Å². The average Bonchev–Trinajstić information content (AvgIpc) is 2.84. The zero-order valence-electron chi connectivity index (χ0n) is 13.2. The van der Waals surface area contributed by atoms with Crippen molar-refractivity contribution >= 4 is 0 Å². The molecule has 3 atom stereocenters. The lowest BCUT2D eigenvalue weighted by atomic mass is 9.99. The molecule has 0 bridgehead atoms. The molecule has 0 spiro atoms. The quantitative estimate of drug-likeness (QED) is 0.853. The van der Waals surface area contributed by atoms with Gasteiger partial charge in [-0.2, -0.15) is 0 Å². The van der Waals surface area contributed by atoms with Crippen LogP contribution in [0.4, 0.5) is 0 Å². The number of morpholine rings is 1. The molecule has 3 rings (SSSR count). The molecule has 1 saturated heterocycles. The lowest BCUT2D eigenvalue weighted by Gasteiger charge is -2.36. The van der Waals surface area contributed by atoms with E-state index in [1.54, 1.807) is 0 Å². The Bertz CT molecular complexity index is 481. The van der Waals surface area contributed by atoms with E-state index in [-0.39, 0.29) is 0 Å². The van der Waals surface area contributed by atoms with Crippen LogP contribution in [0, 0.1) is 5.92 Å². The van der Waals surface area contributed by atoms with Crippen LogP contribution in [0.1, 0.15) is 26.3 Å². The maximum atomic E-state index is 5.79. The van der Waals surface area contributed by atoms with E-state index >= 15 is 0 Å². The van der Waals surface area contributed by atoms with Gasteiger partial charge in [0.05, 0.1) is 12.2 Å². The summed E-state index contributed by atoms with van der Waals surface area (Å²) in [5.41, 5.74) is 1.32. The third-order valence-corrected chi connectivity index (χ3v) is 4.09. The van der Waals surface area contributed by atoms with E-state index in [1.165, 1.54) is 5.56 Å². The second kappa shape index (κ2) is 6.24. The van der Waals surface area contributed by atoms with Crippen LogP contribution >= 0.6 is 0 Å². The predicted octanol–water partition coefficient (Wildman–Crippen LogP) is 2.70. The summed E-state index contributed by atoms with van der Waals surface area (Å²) < 4.78 is 16.6. The van der Waals surface area contributed by atoms with E-state index < -0.39 is 0 Å². The van der Waals surface area contributed by atoms with Crippen LogP contribution in [0.5, 0.6) is 11.5 Å². The van der Waals surface area contributed by atoms with Crippen molar-refractivity contribution in [3.63, 3.8) is 0 Å². The summed E-state index contributed by atoms with van der Waals surface area (Å²) in [6.45, 7) is 10.2. The average molecular weight is 291 g/mol. The van der Waals surface area contributed by atoms with Gasteiger partial charge in [0.1, 0.15) is 0 Å². The van der Waals surface area contributed by atoms with Crippen LogP contribution in [-0.4, -0.2) is 43.5 Å². The second-order valence-electron chi connectivity index (χ2n) is 6.47. The zero-order valence-corrected chi connectivity index (χ0v) is 13.2. The highest BCUT2D eigenvalue weighted by atomic mass is 16.7. The Balaban J connectivity index is 1.55. The minimum Gasteiger partial charge on any atom is -0.454 e. The van der Waals surface area contributed by atoms with Crippen molar-refractivity contribution in [2.24, 2.45) is 5.92 Å². The zero-order chi connectivity index (χ0) is 14.8. The van der Waals surface area contributed by atoms with Gasteiger partial charge < -0.3 is 14.2 Å². The third kappa shape index (κ3) is 3.69. The molecule has 21 heavy (non-hydrogen) atoms. The van der Waals surface area contributed by atoms with Gasteiger partial charge in [-0.25, -0.2) is 0 Å². The normalized spacial score (nSPS) is 26.8. The number of hydrogen-bond acceptors (Lipinski definition) is 4. The maximum absolute atomic E-state index is 5.79. The Labute approximate surface area is 127 Å². The van der Waals surface area contributed by atoms with Gasteiger partial charge in [-0.05, 0) is 43.9 Å². The minimum atomic E-state index is 0.339. The van der Waals surface area contributed by atoms with Crippen molar-refractivity contribution in [1.29, 1.82) is 0 Å². The number of nitrogens with zero attached hydrogens (tertiary/aromatic N) is 1. The van der Waals surface area contributed by atoms with Crippen molar-refractivity contribution in [1.82, 2.24) is 4.90 Å². The Morgan fingerprint density at radius 3 is 2.62 bits per heavy atom. The molecule has 1 aromatic rings. The van der Waals surface area contributed by atoms with Crippen molar-refractivity contribution in [2.75, 3.05) is 26.4 Å². The van der Waals surface area contributed by atoms with Gasteiger partial charge >= 0.3 is 0 Å². The highest BCUT2D eigenvalue weighted by Gasteiger charge is 2.23. The number of fused-ring (bicyclic) bond motifs is 1. The summed E-state index contributed by atoms with van der Waals surface area (Å²) in [6.07, 6.45) is 1.74. The van der Waals surface area contributed by atoms with Crippen LogP contribution < -0.4 is 9.47 Å². The summed E-state index contributed by atoms with van der Waals surface area (Å²) in [7, 11) is 0. The van der Waals surface area contributed by atoms with Crippen LogP contribution in [0.25, 0.3) is 0 Å². The number of ether oxygens (including phenoxy) is 3. The smallest absolute Gasteiger partial charge is 0.231 e. The molecule has 2 heterocycles. The molecule has 0 aliphatic carbocycles. The highest BCUT2D eigenvalue weighted by molar-refractivity contribution is 5.44. The standard InChI is InChI=1S/C17H25NO3/c1-12(8-18-9-13(2)21-14(3)10-18)6-15-4-5-16-17(7-15)20-11-19-16/h4-5,7,12-14H,6,8-11H2,1-3H3/t12?,13-,14+. The third-order valence-electron chi connectivity index (χ3n) is 4.09. The molecule has 0 N–H and O–H groups in total. The van der Waals surface area contributed by atoms with Crippen molar-refractivity contribution in [3.8, 4) is 11.5 Å².